The van der Waals surface area contributed by atoms with Gasteiger partial charge in [0, 0.05) is 16.8 Å². The number of esters is 1. The summed E-state index contributed by atoms with van der Waals surface area (Å²) in [5.41, 5.74) is 2.01. The third kappa shape index (κ3) is 4.12. The zero-order valence-electron chi connectivity index (χ0n) is 13.8. The summed E-state index contributed by atoms with van der Waals surface area (Å²) in [4.78, 5) is 25.9. The Morgan fingerprint density at radius 2 is 1.84 bits per heavy atom. The lowest BCUT2D eigenvalue weighted by Crippen LogP contribution is -2.39. The van der Waals surface area contributed by atoms with E-state index in [0.29, 0.717) is 10.8 Å². The van der Waals surface area contributed by atoms with Gasteiger partial charge in [-0.2, -0.15) is 0 Å². The Kier molecular flexibility index (Phi) is 5.24. The van der Waals surface area contributed by atoms with Crippen molar-refractivity contribution in [2.75, 3.05) is 18.1 Å². The summed E-state index contributed by atoms with van der Waals surface area (Å²) in [7, 11) is 0. The van der Waals surface area contributed by atoms with E-state index in [1.165, 1.54) is 0 Å². The minimum Gasteiger partial charge on any atom is -0.482 e. The molecular weight excluding hydrogens is 342 g/mol. The molecular formula is C19H18ClNO4. The number of ether oxygens (including phenoxy) is 2. The highest BCUT2D eigenvalue weighted by molar-refractivity contribution is 6.30. The number of fused-ring (bicyclic) bond motifs is 1. The number of hydrogen-bond donors (Lipinski definition) is 0. The van der Waals surface area contributed by atoms with Crippen molar-refractivity contribution in [1.82, 2.24) is 0 Å². The molecule has 0 aliphatic carbocycles. The summed E-state index contributed by atoms with van der Waals surface area (Å²) in [6, 6.07) is 14.4. The van der Waals surface area contributed by atoms with E-state index in [-0.39, 0.29) is 25.2 Å². The zero-order chi connectivity index (χ0) is 17.8. The van der Waals surface area contributed by atoms with Gasteiger partial charge in [-0.15, -0.1) is 0 Å². The van der Waals surface area contributed by atoms with Gasteiger partial charge < -0.3 is 14.4 Å². The van der Waals surface area contributed by atoms with Crippen LogP contribution in [0.3, 0.4) is 0 Å². The van der Waals surface area contributed by atoms with Crippen LogP contribution < -0.4 is 9.64 Å². The van der Waals surface area contributed by atoms with Crippen LogP contribution in [0.2, 0.25) is 5.02 Å². The number of anilines is 1. The molecule has 1 unspecified atom stereocenters. The molecule has 2 aromatic rings. The summed E-state index contributed by atoms with van der Waals surface area (Å²) in [6.07, 6.45) is 0.801. The van der Waals surface area contributed by atoms with E-state index in [9.17, 15) is 9.59 Å². The maximum absolute atomic E-state index is 12.4. The van der Waals surface area contributed by atoms with Crippen molar-refractivity contribution in [3.05, 3.63) is 59.1 Å². The average Bonchev–Trinajstić information content (AvgIpc) is 2.95. The van der Waals surface area contributed by atoms with Crippen molar-refractivity contribution in [3.8, 4) is 5.75 Å². The van der Waals surface area contributed by atoms with E-state index in [4.69, 9.17) is 21.1 Å². The number of para-hydroxylation sites is 1. The maximum atomic E-state index is 12.4. The van der Waals surface area contributed by atoms with Crippen molar-refractivity contribution in [1.29, 1.82) is 0 Å². The smallest absolute Gasteiger partial charge is 0.344 e. The fourth-order valence-electron chi connectivity index (χ4n) is 2.87. The summed E-state index contributed by atoms with van der Waals surface area (Å²) in [5, 5.41) is 0.584. The highest BCUT2D eigenvalue weighted by Crippen LogP contribution is 2.31. The minimum atomic E-state index is -0.594. The molecule has 5 nitrogen and oxygen atoms in total. The molecule has 130 valence electrons. The van der Waals surface area contributed by atoms with Gasteiger partial charge in [-0.1, -0.05) is 29.8 Å². The van der Waals surface area contributed by atoms with E-state index in [2.05, 4.69) is 0 Å². The molecule has 0 bridgehead atoms. The number of nitrogens with zero attached hydrogens (tertiary/aromatic N) is 1. The first kappa shape index (κ1) is 17.3. The average molecular weight is 360 g/mol. The molecule has 0 N–H and O–H groups in total. The number of carbonyl (C=O) groups excluding carboxylic acids is 2. The predicted molar refractivity (Wildman–Crippen MR) is 95.0 cm³/mol. The van der Waals surface area contributed by atoms with Crippen LogP contribution in [-0.2, 0) is 20.7 Å². The fourth-order valence-corrected chi connectivity index (χ4v) is 3.00. The van der Waals surface area contributed by atoms with Crippen molar-refractivity contribution in [2.45, 2.75) is 19.4 Å². The first-order valence-corrected chi connectivity index (χ1v) is 8.36. The number of hydrogen-bond acceptors (Lipinski definition) is 4. The van der Waals surface area contributed by atoms with Crippen molar-refractivity contribution >= 4 is 29.2 Å². The molecule has 1 aliphatic rings. The van der Waals surface area contributed by atoms with E-state index in [1.807, 2.05) is 31.2 Å². The quantitative estimate of drug-likeness (QED) is 0.769. The van der Waals surface area contributed by atoms with Gasteiger partial charge in [0.05, 0.1) is 0 Å². The first-order chi connectivity index (χ1) is 12.0. The molecule has 1 amide bonds. The fraction of sp³-hybridized carbons (Fsp3) is 0.263. The number of rotatable bonds is 5. The molecule has 1 atom stereocenters. The zero-order valence-corrected chi connectivity index (χ0v) is 14.5. The third-order valence-corrected chi connectivity index (χ3v) is 4.25. The van der Waals surface area contributed by atoms with Crippen LogP contribution in [0.5, 0.6) is 5.75 Å². The molecule has 0 fully saturated rings. The van der Waals surface area contributed by atoms with Crippen LogP contribution in [-0.4, -0.2) is 31.1 Å². The molecule has 0 saturated carbocycles. The van der Waals surface area contributed by atoms with Crippen molar-refractivity contribution in [2.24, 2.45) is 0 Å². The lowest BCUT2D eigenvalue weighted by molar-refractivity contribution is -0.149. The van der Waals surface area contributed by atoms with E-state index in [1.54, 1.807) is 29.2 Å². The van der Waals surface area contributed by atoms with Crippen molar-refractivity contribution in [3.63, 3.8) is 0 Å². The Morgan fingerprint density at radius 1 is 1.12 bits per heavy atom. The Hall–Kier alpha value is -2.53. The van der Waals surface area contributed by atoms with Crippen LogP contribution >= 0.6 is 11.6 Å². The van der Waals surface area contributed by atoms with Crippen LogP contribution in [0.1, 0.15) is 12.5 Å². The molecule has 6 heteroatoms. The molecule has 0 radical (unpaired) electrons. The molecule has 0 spiro atoms. The van der Waals surface area contributed by atoms with E-state index >= 15 is 0 Å². The Morgan fingerprint density at radius 3 is 2.60 bits per heavy atom. The Balaban J connectivity index is 1.50. The largest absolute Gasteiger partial charge is 0.482 e. The first-order valence-electron chi connectivity index (χ1n) is 7.98. The Labute approximate surface area is 151 Å². The monoisotopic (exact) mass is 359 g/mol. The molecule has 1 aliphatic heterocycles. The second kappa shape index (κ2) is 7.57. The minimum absolute atomic E-state index is 0.0499. The maximum Gasteiger partial charge on any atom is 0.344 e. The van der Waals surface area contributed by atoms with E-state index < -0.39 is 5.97 Å². The van der Waals surface area contributed by atoms with Gasteiger partial charge >= 0.3 is 5.97 Å². The SMILES string of the molecule is CC1Cc2ccccc2N1C(=O)COC(=O)COc1ccc(Cl)cc1. The van der Waals surface area contributed by atoms with Gasteiger partial charge in [0.1, 0.15) is 5.75 Å². The normalized spacial score (nSPS) is 15.6. The second-order valence-corrected chi connectivity index (χ2v) is 6.29. The third-order valence-electron chi connectivity index (χ3n) is 4.00. The van der Waals surface area contributed by atoms with E-state index in [0.717, 1.165) is 17.7 Å². The lowest BCUT2D eigenvalue weighted by Gasteiger charge is -2.22. The standard InChI is InChI=1S/C19H18ClNO4/c1-13-10-14-4-2-3-5-17(14)21(13)18(22)11-25-19(23)12-24-16-8-6-15(20)7-9-16/h2-9,13H,10-12H2,1H3. The summed E-state index contributed by atoms with van der Waals surface area (Å²) in [6.45, 7) is 1.41. The van der Waals surface area contributed by atoms with Crippen LogP contribution in [0, 0.1) is 0 Å². The van der Waals surface area contributed by atoms with Crippen molar-refractivity contribution < 1.29 is 19.1 Å². The summed E-state index contributed by atoms with van der Waals surface area (Å²) in [5.74, 6) is -0.324. The number of amides is 1. The highest BCUT2D eigenvalue weighted by Gasteiger charge is 2.30. The molecule has 25 heavy (non-hydrogen) atoms. The van der Waals surface area contributed by atoms with Gasteiger partial charge in [-0.3, -0.25) is 4.79 Å². The van der Waals surface area contributed by atoms with Crippen LogP contribution in [0.15, 0.2) is 48.5 Å². The summed E-state index contributed by atoms with van der Waals surface area (Å²) < 4.78 is 10.3. The Bertz CT molecular complexity index is 775. The lowest BCUT2D eigenvalue weighted by atomic mass is 10.1. The number of benzene rings is 2. The molecule has 0 aromatic heterocycles. The molecule has 0 saturated heterocycles. The van der Waals surface area contributed by atoms with Crippen LogP contribution in [0.25, 0.3) is 0 Å². The molecule has 1 heterocycles. The van der Waals surface area contributed by atoms with Gasteiger partial charge in [0.15, 0.2) is 13.2 Å². The molecule has 3 rings (SSSR count). The predicted octanol–water partition coefficient (Wildman–Crippen LogP) is 3.24. The van der Waals surface area contributed by atoms with Gasteiger partial charge in [-0.05, 0) is 49.2 Å². The van der Waals surface area contributed by atoms with Gasteiger partial charge in [-0.25, -0.2) is 4.79 Å². The number of halogens is 1. The highest BCUT2D eigenvalue weighted by atomic mass is 35.5. The van der Waals surface area contributed by atoms with Crippen LogP contribution in [0.4, 0.5) is 5.69 Å². The molecule has 2 aromatic carbocycles. The van der Waals surface area contributed by atoms with Gasteiger partial charge in [0.25, 0.3) is 5.91 Å². The summed E-state index contributed by atoms with van der Waals surface area (Å²) >= 11 is 5.78. The van der Waals surface area contributed by atoms with Gasteiger partial charge in [0.2, 0.25) is 0 Å². The number of carbonyl (C=O) groups is 2. The topological polar surface area (TPSA) is 55.8 Å². The second-order valence-electron chi connectivity index (χ2n) is 5.85.